The summed E-state index contributed by atoms with van der Waals surface area (Å²) >= 11 is 5.90. The highest BCUT2D eigenvalue weighted by Gasteiger charge is 2.03. The predicted octanol–water partition coefficient (Wildman–Crippen LogP) is 2.74. The first-order valence-electron chi connectivity index (χ1n) is 5.00. The topological polar surface area (TPSA) is 51.6 Å². The zero-order chi connectivity index (χ0) is 11.7. The van der Waals surface area contributed by atoms with Gasteiger partial charge in [-0.1, -0.05) is 11.6 Å². The van der Waals surface area contributed by atoms with Gasteiger partial charge in [-0.3, -0.25) is 9.97 Å². The van der Waals surface area contributed by atoms with Crippen LogP contribution in [0, 0.1) is 0 Å². The number of fused-ring (bicyclic) bond motifs is 1. The zero-order valence-electron chi connectivity index (χ0n) is 8.71. The van der Waals surface area contributed by atoms with Crippen LogP contribution in [-0.4, -0.2) is 19.9 Å². The van der Waals surface area contributed by atoms with Crippen molar-refractivity contribution in [2.24, 2.45) is 0 Å². The van der Waals surface area contributed by atoms with Crippen molar-refractivity contribution in [2.45, 2.75) is 0 Å². The van der Waals surface area contributed by atoms with E-state index in [0.717, 1.165) is 16.6 Å². The fourth-order valence-electron chi connectivity index (χ4n) is 1.59. The summed E-state index contributed by atoms with van der Waals surface area (Å²) in [7, 11) is 0. The van der Waals surface area contributed by atoms with Crippen LogP contribution in [0.3, 0.4) is 0 Å². The Kier molecular flexibility index (Phi) is 2.42. The lowest BCUT2D eigenvalue weighted by Gasteiger charge is -2.02. The van der Waals surface area contributed by atoms with Gasteiger partial charge in [-0.15, -0.1) is 0 Å². The molecule has 3 aromatic rings. The molecule has 0 amide bonds. The molecule has 0 unspecified atom stereocenters. The fourth-order valence-corrected chi connectivity index (χ4v) is 1.76. The normalized spacial score (nSPS) is 10.6. The van der Waals surface area contributed by atoms with Crippen molar-refractivity contribution in [3.8, 4) is 11.1 Å². The second-order valence-corrected chi connectivity index (χ2v) is 3.95. The molecule has 0 aliphatic rings. The third-order valence-corrected chi connectivity index (χ3v) is 2.57. The number of aromatic nitrogens is 4. The standard InChI is InChI=1S/C12H7ClN4/c13-10-3-8(5-14-7-10)9-4-11-12(17-6-9)16-2-1-15-11/h1-7H. The third-order valence-electron chi connectivity index (χ3n) is 2.36. The largest absolute Gasteiger partial charge is 0.263 e. The molecule has 0 aliphatic carbocycles. The first-order chi connectivity index (χ1) is 8.33. The minimum atomic E-state index is 0.599. The van der Waals surface area contributed by atoms with Crippen molar-refractivity contribution in [1.29, 1.82) is 0 Å². The van der Waals surface area contributed by atoms with Gasteiger partial charge in [-0.2, -0.15) is 0 Å². The Labute approximate surface area is 102 Å². The highest BCUT2D eigenvalue weighted by atomic mass is 35.5. The Morgan fingerprint density at radius 2 is 1.65 bits per heavy atom. The van der Waals surface area contributed by atoms with Crippen LogP contribution in [0.25, 0.3) is 22.3 Å². The van der Waals surface area contributed by atoms with Gasteiger partial charge in [0.05, 0.1) is 5.02 Å². The maximum absolute atomic E-state index is 5.90. The highest BCUT2D eigenvalue weighted by molar-refractivity contribution is 6.30. The van der Waals surface area contributed by atoms with Crippen molar-refractivity contribution >= 4 is 22.8 Å². The molecule has 4 nitrogen and oxygen atoms in total. The van der Waals surface area contributed by atoms with Gasteiger partial charge in [-0.05, 0) is 12.1 Å². The van der Waals surface area contributed by atoms with E-state index in [1.54, 1.807) is 31.0 Å². The molecule has 0 aliphatic heterocycles. The molecule has 0 fully saturated rings. The molecule has 0 aromatic carbocycles. The lowest BCUT2D eigenvalue weighted by atomic mass is 10.1. The number of hydrogen-bond acceptors (Lipinski definition) is 4. The van der Waals surface area contributed by atoms with E-state index in [-0.39, 0.29) is 0 Å². The van der Waals surface area contributed by atoms with Crippen molar-refractivity contribution in [1.82, 2.24) is 19.9 Å². The van der Waals surface area contributed by atoms with E-state index in [2.05, 4.69) is 19.9 Å². The summed E-state index contributed by atoms with van der Waals surface area (Å²) in [6.45, 7) is 0. The van der Waals surface area contributed by atoms with Crippen molar-refractivity contribution in [3.05, 3.63) is 48.1 Å². The maximum Gasteiger partial charge on any atom is 0.178 e. The number of hydrogen-bond donors (Lipinski definition) is 0. The summed E-state index contributed by atoms with van der Waals surface area (Å²) in [6, 6.07) is 3.76. The van der Waals surface area contributed by atoms with Crippen LogP contribution in [0.1, 0.15) is 0 Å². The quantitative estimate of drug-likeness (QED) is 0.658. The van der Waals surface area contributed by atoms with Crippen molar-refractivity contribution in [2.75, 3.05) is 0 Å². The van der Waals surface area contributed by atoms with Gasteiger partial charge in [0, 0.05) is 42.1 Å². The third kappa shape index (κ3) is 1.94. The molecule has 3 rings (SSSR count). The number of pyridine rings is 2. The van der Waals surface area contributed by atoms with E-state index < -0.39 is 0 Å². The summed E-state index contributed by atoms with van der Waals surface area (Å²) in [5, 5.41) is 0.599. The molecule has 3 heterocycles. The van der Waals surface area contributed by atoms with Crippen LogP contribution < -0.4 is 0 Å². The number of nitrogens with zero attached hydrogens (tertiary/aromatic N) is 4. The Hall–Kier alpha value is -2.07. The fraction of sp³-hybridized carbons (Fsp3) is 0. The summed E-state index contributed by atoms with van der Waals surface area (Å²) < 4.78 is 0. The van der Waals surface area contributed by atoms with Gasteiger partial charge >= 0.3 is 0 Å². The van der Waals surface area contributed by atoms with Crippen LogP contribution in [-0.2, 0) is 0 Å². The van der Waals surface area contributed by atoms with Crippen molar-refractivity contribution < 1.29 is 0 Å². The molecule has 0 N–H and O–H groups in total. The molecule has 0 saturated carbocycles. The van der Waals surface area contributed by atoms with E-state index >= 15 is 0 Å². The summed E-state index contributed by atoms with van der Waals surface area (Å²) in [4.78, 5) is 16.6. The maximum atomic E-state index is 5.90. The van der Waals surface area contributed by atoms with Crippen LogP contribution in [0.5, 0.6) is 0 Å². The Balaban J connectivity index is 2.18. The minimum Gasteiger partial charge on any atom is -0.263 e. The molecule has 82 valence electrons. The van der Waals surface area contributed by atoms with Crippen LogP contribution in [0.2, 0.25) is 5.02 Å². The Morgan fingerprint density at radius 1 is 0.824 bits per heavy atom. The second-order valence-electron chi connectivity index (χ2n) is 3.51. The van der Waals surface area contributed by atoms with Crippen LogP contribution in [0.15, 0.2) is 43.1 Å². The van der Waals surface area contributed by atoms with Gasteiger partial charge in [-0.25, -0.2) is 9.97 Å². The Morgan fingerprint density at radius 3 is 2.53 bits per heavy atom. The molecule has 3 aromatic heterocycles. The van der Waals surface area contributed by atoms with Crippen molar-refractivity contribution in [3.63, 3.8) is 0 Å². The molecular weight excluding hydrogens is 236 g/mol. The summed E-state index contributed by atoms with van der Waals surface area (Å²) in [5.41, 5.74) is 3.22. The van der Waals surface area contributed by atoms with E-state index in [1.165, 1.54) is 0 Å². The molecule has 0 bridgehead atoms. The van der Waals surface area contributed by atoms with Gasteiger partial charge in [0.1, 0.15) is 5.52 Å². The van der Waals surface area contributed by atoms with E-state index in [1.807, 2.05) is 12.1 Å². The summed E-state index contributed by atoms with van der Waals surface area (Å²) in [6.07, 6.45) is 8.34. The van der Waals surface area contributed by atoms with E-state index in [4.69, 9.17) is 11.6 Å². The minimum absolute atomic E-state index is 0.599. The zero-order valence-corrected chi connectivity index (χ0v) is 9.46. The number of halogens is 1. The van der Waals surface area contributed by atoms with Crippen LogP contribution >= 0.6 is 11.6 Å². The molecule has 0 spiro atoms. The van der Waals surface area contributed by atoms with Gasteiger partial charge in [0.2, 0.25) is 0 Å². The molecule has 17 heavy (non-hydrogen) atoms. The Bertz CT molecular complexity index is 684. The molecular formula is C12H7ClN4. The molecule has 0 radical (unpaired) electrons. The number of rotatable bonds is 1. The molecule has 0 saturated heterocycles. The van der Waals surface area contributed by atoms with Gasteiger partial charge < -0.3 is 0 Å². The van der Waals surface area contributed by atoms with Gasteiger partial charge in [0.15, 0.2) is 5.65 Å². The highest BCUT2D eigenvalue weighted by Crippen LogP contribution is 2.22. The molecule has 5 heteroatoms. The van der Waals surface area contributed by atoms with E-state index in [9.17, 15) is 0 Å². The monoisotopic (exact) mass is 242 g/mol. The van der Waals surface area contributed by atoms with Crippen LogP contribution in [0.4, 0.5) is 0 Å². The lowest BCUT2D eigenvalue weighted by Crippen LogP contribution is -1.88. The second kappa shape index (κ2) is 4.07. The first-order valence-corrected chi connectivity index (χ1v) is 5.38. The predicted molar refractivity (Wildman–Crippen MR) is 65.6 cm³/mol. The first kappa shape index (κ1) is 10.1. The lowest BCUT2D eigenvalue weighted by molar-refractivity contribution is 1.22. The smallest absolute Gasteiger partial charge is 0.178 e. The SMILES string of the molecule is Clc1cncc(-c2cnc3nccnc3c2)c1. The molecule has 0 atom stereocenters. The average Bonchev–Trinajstić information content (AvgIpc) is 2.38. The summed E-state index contributed by atoms with van der Waals surface area (Å²) in [5.74, 6) is 0. The average molecular weight is 243 g/mol. The van der Waals surface area contributed by atoms with Gasteiger partial charge in [0.25, 0.3) is 0 Å². The van der Waals surface area contributed by atoms with E-state index in [0.29, 0.717) is 10.7 Å².